The van der Waals surface area contributed by atoms with Gasteiger partial charge in [0.25, 0.3) is 0 Å². The Morgan fingerprint density at radius 2 is 1.24 bits per heavy atom. The first kappa shape index (κ1) is 55.4. The van der Waals surface area contributed by atoms with Crippen molar-refractivity contribution in [1.29, 1.82) is 0 Å². The predicted octanol–water partition coefficient (Wildman–Crippen LogP) is 9.44. The molecular weight excluding hydrogens is 1030 g/mol. The molecule has 11 rings (SSSR count). The molecule has 0 aliphatic carbocycles. The summed E-state index contributed by atoms with van der Waals surface area (Å²) in [6.45, 7) is 16.4. The zero-order chi connectivity index (χ0) is 55.9. The van der Waals surface area contributed by atoms with Crippen molar-refractivity contribution >= 4 is 34.5 Å². The van der Waals surface area contributed by atoms with Crippen LogP contribution in [0, 0.1) is 5.82 Å². The van der Waals surface area contributed by atoms with E-state index in [2.05, 4.69) is 49.0 Å². The lowest BCUT2D eigenvalue weighted by molar-refractivity contribution is -0.203. The Labute approximate surface area is 465 Å². The highest BCUT2D eigenvalue weighted by Gasteiger charge is 2.56. The van der Waals surface area contributed by atoms with E-state index in [1.807, 2.05) is 72.1 Å². The molecule has 20 heteroatoms. The number of carbonyl (C=O) groups excluding carboxylic acids is 2. The number of nitrogens with zero attached hydrogens (tertiary/aromatic N) is 10. The molecule has 5 aliphatic rings. The number of likely N-dealkylation sites (tertiary alicyclic amines) is 2. The van der Waals surface area contributed by atoms with Gasteiger partial charge in [0.15, 0.2) is 6.10 Å². The molecule has 5 saturated heterocycles. The smallest absolute Gasteiger partial charge is 0.410 e. The van der Waals surface area contributed by atoms with Gasteiger partial charge < -0.3 is 48.9 Å². The van der Waals surface area contributed by atoms with Crippen LogP contribution in [0.4, 0.5) is 38.5 Å². The molecule has 1 N–H and O–H groups in total. The summed E-state index contributed by atoms with van der Waals surface area (Å²) in [6.07, 6.45) is 5.70. The van der Waals surface area contributed by atoms with E-state index in [4.69, 9.17) is 14.2 Å². The highest BCUT2D eigenvalue weighted by atomic mass is 19.4. The summed E-state index contributed by atoms with van der Waals surface area (Å²) in [5.41, 5.74) is 5.30. The molecule has 3 amide bonds. The fourth-order valence-corrected chi connectivity index (χ4v) is 12.8. The second kappa shape index (κ2) is 22.8. The molecule has 0 radical (unpaired) electrons. The minimum Gasteiger partial charge on any atom is -0.441 e. The third-order valence-electron chi connectivity index (χ3n) is 18.1. The van der Waals surface area contributed by atoms with Gasteiger partial charge in [0, 0.05) is 132 Å². The summed E-state index contributed by atoms with van der Waals surface area (Å²) in [5, 5.41) is 12.4. The number of urea groups is 1. The van der Waals surface area contributed by atoms with Gasteiger partial charge in [0.2, 0.25) is 0 Å². The fourth-order valence-electron chi connectivity index (χ4n) is 12.8. The maximum atomic E-state index is 16.3. The van der Waals surface area contributed by atoms with Gasteiger partial charge in [0.05, 0.1) is 46.6 Å². The summed E-state index contributed by atoms with van der Waals surface area (Å²) >= 11 is 0. The van der Waals surface area contributed by atoms with Crippen molar-refractivity contribution in [2.45, 2.75) is 108 Å². The number of nitrogens with one attached hydrogen (secondary N) is 1. The molecule has 0 spiro atoms. The van der Waals surface area contributed by atoms with E-state index in [-0.39, 0.29) is 55.0 Å². The van der Waals surface area contributed by atoms with Crippen molar-refractivity contribution in [2.24, 2.45) is 0 Å². The number of hydrogen-bond donors (Lipinski definition) is 1. The van der Waals surface area contributed by atoms with Crippen molar-refractivity contribution in [2.75, 3.05) is 109 Å². The molecule has 6 aromatic rings. The zero-order valence-corrected chi connectivity index (χ0v) is 46.6. The molecule has 0 saturated carbocycles. The summed E-state index contributed by atoms with van der Waals surface area (Å²) in [7, 11) is 1.71. The van der Waals surface area contributed by atoms with Crippen molar-refractivity contribution in [3.8, 4) is 22.3 Å². The van der Waals surface area contributed by atoms with Crippen LogP contribution in [0.2, 0.25) is 0 Å². The van der Waals surface area contributed by atoms with Gasteiger partial charge in [-0.2, -0.15) is 23.4 Å². The number of alkyl halides is 3. The van der Waals surface area contributed by atoms with E-state index < -0.39 is 17.2 Å². The first-order valence-corrected chi connectivity index (χ1v) is 28.6. The second-order valence-corrected chi connectivity index (χ2v) is 23.0. The number of rotatable bonds is 14. The van der Waals surface area contributed by atoms with Crippen LogP contribution in [0.5, 0.6) is 0 Å². The minimum absolute atomic E-state index is 0.0289. The van der Waals surface area contributed by atoms with Crippen LogP contribution in [0.3, 0.4) is 0 Å². The van der Waals surface area contributed by atoms with Crippen LogP contribution in [-0.2, 0) is 25.2 Å². The number of fused-ring (bicyclic) bond motifs is 2. The molecule has 0 bridgehead atoms. The molecule has 9 heterocycles. The number of piperidine rings is 2. The topological polar surface area (TPSA) is 128 Å². The van der Waals surface area contributed by atoms with E-state index in [0.717, 1.165) is 70.6 Å². The molecule has 80 heavy (non-hydrogen) atoms. The number of halogens is 4. The average molecular weight is 1110 g/mol. The van der Waals surface area contributed by atoms with Gasteiger partial charge in [-0.1, -0.05) is 36.4 Å². The van der Waals surface area contributed by atoms with Crippen molar-refractivity contribution in [3.63, 3.8) is 0 Å². The van der Waals surface area contributed by atoms with Crippen molar-refractivity contribution < 1.29 is 41.4 Å². The standard InChI is InChI=1S/C60H75F4N11O5/c1-41(2)68-22-16-58(17-23-68,60(62,63)64)47-10-8-44(9-11-47)45-34-54-52(14-20-65-74(54)37-45)70-26-30-72(31-27-70)56(76)67-42(3)6-7-43(4)69-24-18-59(78-5,19-25-69)48-12-13-50(51(61)36-48)46-35-55-53(15-21-66-75(55)38-46)71-28-32-73(33-29-71)57(77)80-49-39-79-40-49/h8-15,20-21,34-38,41-43,49H,6-7,16-19,22-33,39-40H2,1-5H3,(H,67,76). The van der Waals surface area contributed by atoms with E-state index >= 15 is 4.39 Å². The van der Waals surface area contributed by atoms with Crippen LogP contribution < -0.4 is 15.1 Å². The third kappa shape index (κ3) is 11.0. The van der Waals surface area contributed by atoms with E-state index in [1.54, 1.807) is 59.3 Å². The largest absolute Gasteiger partial charge is 0.441 e. The molecular formula is C60H75F4N11O5. The van der Waals surface area contributed by atoms with Crippen LogP contribution in [0.15, 0.2) is 91.5 Å². The summed E-state index contributed by atoms with van der Waals surface area (Å²) in [4.78, 5) is 38.9. The molecule has 2 unspecified atom stereocenters. The summed E-state index contributed by atoms with van der Waals surface area (Å²) < 4.78 is 81.0. The van der Waals surface area contributed by atoms with Crippen LogP contribution >= 0.6 is 0 Å². The quantitative estimate of drug-likeness (QED) is 0.105. The Bertz CT molecular complexity index is 3130. The number of ether oxygens (including phenoxy) is 3. The summed E-state index contributed by atoms with van der Waals surface area (Å²) in [6, 6.07) is 20.7. The number of carbonyl (C=O) groups is 2. The Balaban J connectivity index is 0.641. The van der Waals surface area contributed by atoms with Gasteiger partial charge in [-0.3, -0.25) is 0 Å². The average Bonchev–Trinajstić information content (AvgIpc) is 4.14. The van der Waals surface area contributed by atoms with Crippen LogP contribution in [0.1, 0.15) is 77.3 Å². The van der Waals surface area contributed by atoms with Crippen LogP contribution in [-0.4, -0.2) is 180 Å². The lowest BCUT2D eigenvalue weighted by Gasteiger charge is -2.44. The first-order valence-electron chi connectivity index (χ1n) is 28.6. The molecule has 5 fully saturated rings. The predicted molar refractivity (Wildman–Crippen MR) is 300 cm³/mol. The number of anilines is 2. The highest BCUT2D eigenvalue weighted by molar-refractivity contribution is 5.82. The number of benzene rings is 2. The lowest BCUT2D eigenvalue weighted by Crippen LogP contribution is -2.53. The number of aromatic nitrogens is 4. The van der Waals surface area contributed by atoms with Crippen molar-refractivity contribution in [3.05, 3.63) is 108 Å². The minimum atomic E-state index is -4.34. The fraction of sp³-hybridized carbons (Fsp3) is 0.533. The molecule has 5 aliphatic heterocycles. The molecule has 4 aromatic heterocycles. The van der Waals surface area contributed by atoms with Gasteiger partial charge in [-0.15, -0.1) is 0 Å². The van der Waals surface area contributed by atoms with Gasteiger partial charge in [-0.25, -0.2) is 23.0 Å². The number of amides is 3. The third-order valence-corrected chi connectivity index (χ3v) is 18.1. The number of methoxy groups -OCH3 is 1. The maximum absolute atomic E-state index is 16.3. The Hall–Kier alpha value is -6.48. The lowest BCUT2D eigenvalue weighted by atomic mass is 9.71. The molecule has 2 aromatic carbocycles. The highest BCUT2D eigenvalue weighted by Crippen LogP contribution is 2.49. The molecule has 2 atom stereocenters. The van der Waals surface area contributed by atoms with Crippen molar-refractivity contribution in [1.82, 2.24) is 44.1 Å². The zero-order valence-electron chi connectivity index (χ0n) is 46.6. The Morgan fingerprint density at radius 1 is 0.675 bits per heavy atom. The number of hydrogen-bond acceptors (Lipinski definition) is 11. The summed E-state index contributed by atoms with van der Waals surface area (Å²) in [5.74, 6) is -0.320. The van der Waals surface area contributed by atoms with Gasteiger partial charge >= 0.3 is 18.3 Å². The van der Waals surface area contributed by atoms with Gasteiger partial charge in [0.1, 0.15) is 5.82 Å². The SMILES string of the molecule is COC1(c2ccc(-c3cc4c(N5CCN(C(=O)OC6COC6)CC5)ccnn4c3)c(F)c2)CCN(C(C)CCC(C)NC(=O)N2CCN(c3ccnn4cc(-c5ccc(C6(C(F)(F)F)CCN(C(C)C)CC6)cc5)cc34)CC2)CC1. The van der Waals surface area contributed by atoms with Gasteiger partial charge in [-0.05, 0) is 126 Å². The normalized spacial score (nSPS) is 20.3. The monoisotopic (exact) mass is 1110 g/mol. The molecule has 428 valence electrons. The maximum Gasteiger partial charge on any atom is 0.410 e. The van der Waals surface area contributed by atoms with E-state index in [1.165, 1.54) is 0 Å². The Morgan fingerprint density at radius 3 is 1.79 bits per heavy atom. The van der Waals surface area contributed by atoms with E-state index in [9.17, 15) is 22.8 Å². The number of piperazine rings is 2. The van der Waals surface area contributed by atoms with E-state index in [0.29, 0.717) is 103 Å². The van der Waals surface area contributed by atoms with Crippen LogP contribution in [0.25, 0.3) is 33.3 Å². The second-order valence-electron chi connectivity index (χ2n) is 23.0. The first-order chi connectivity index (χ1) is 38.5. The Kier molecular flexibility index (Phi) is 15.8. The molecule has 16 nitrogen and oxygen atoms in total.